The number of hydrogen-bond acceptors (Lipinski definition) is 5. The third kappa shape index (κ3) is 5.08. The van der Waals surface area contributed by atoms with Crippen LogP contribution in [-0.2, 0) is 14.3 Å². The number of rotatable bonds is 7. The van der Waals surface area contributed by atoms with Crippen molar-refractivity contribution in [2.45, 2.75) is 6.92 Å². The van der Waals surface area contributed by atoms with E-state index in [1.165, 1.54) is 4.90 Å². The smallest absolute Gasteiger partial charge is 0.344 e. The molecule has 0 unspecified atom stereocenters. The maximum atomic E-state index is 12.2. The van der Waals surface area contributed by atoms with E-state index in [0.29, 0.717) is 17.9 Å². The largest absolute Gasteiger partial charge is 0.481 e. The molecule has 2 rings (SSSR count). The molecule has 1 amide bonds. The first-order valence-corrected chi connectivity index (χ1v) is 7.78. The van der Waals surface area contributed by atoms with Crippen LogP contribution in [0.25, 0.3) is 0 Å². The van der Waals surface area contributed by atoms with Gasteiger partial charge in [-0.05, 0) is 31.2 Å². The number of amides is 1. The molecular formula is C19H18N2O4. The van der Waals surface area contributed by atoms with Crippen LogP contribution >= 0.6 is 0 Å². The van der Waals surface area contributed by atoms with E-state index >= 15 is 0 Å². The second-order valence-corrected chi connectivity index (χ2v) is 5.03. The number of para-hydroxylation sites is 2. The van der Waals surface area contributed by atoms with E-state index in [1.54, 1.807) is 24.3 Å². The molecule has 0 bridgehead atoms. The van der Waals surface area contributed by atoms with Crippen LogP contribution in [0.15, 0.2) is 54.6 Å². The molecule has 0 fully saturated rings. The van der Waals surface area contributed by atoms with E-state index in [2.05, 4.69) is 0 Å². The molecule has 0 aromatic heterocycles. The minimum atomic E-state index is -0.676. The summed E-state index contributed by atoms with van der Waals surface area (Å²) in [5, 5.41) is 8.96. The van der Waals surface area contributed by atoms with Gasteiger partial charge in [-0.3, -0.25) is 4.79 Å². The summed E-state index contributed by atoms with van der Waals surface area (Å²) in [7, 11) is 0. The minimum absolute atomic E-state index is 0.299. The van der Waals surface area contributed by atoms with Crippen molar-refractivity contribution < 1.29 is 19.1 Å². The Hall–Kier alpha value is -3.33. The Balaban J connectivity index is 1.85. The zero-order valence-corrected chi connectivity index (χ0v) is 13.8. The first kappa shape index (κ1) is 18.0. The second kappa shape index (κ2) is 9.08. The Morgan fingerprint density at radius 1 is 1.04 bits per heavy atom. The van der Waals surface area contributed by atoms with Crippen LogP contribution in [0.3, 0.4) is 0 Å². The number of benzene rings is 2. The third-order valence-corrected chi connectivity index (χ3v) is 3.39. The van der Waals surface area contributed by atoms with Crippen molar-refractivity contribution in [2.75, 3.05) is 24.7 Å². The van der Waals surface area contributed by atoms with Gasteiger partial charge in [0.15, 0.2) is 13.2 Å². The highest BCUT2D eigenvalue weighted by molar-refractivity contribution is 5.95. The normalized spacial score (nSPS) is 9.76. The van der Waals surface area contributed by atoms with E-state index in [9.17, 15) is 9.59 Å². The molecule has 0 heterocycles. The molecule has 0 radical (unpaired) electrons. The lowest BCUT2D eigenvalue weighted by Crippen LogP contribution is -2.35. The molecule has 0 spiro atoms. The average Bonchev–Trinajstić information content (AvgIpc) is 2.66. The van der Waals surface area contributed by atoms with Gasteiger partial charge in [0, 0.05) is 12.2 Å². The van der Waals surface area contributed by atoms with Crippen molar-refractivity contribution in [1.29, 1.82) is 5.26 Å². The van der Waals surface area contributed by atoms with Crippen molar-refractivity contribution >= 4 is 17.6 Å². The maximum Gasteiger partial charge on any atom is 0.344 e. The molecule has 0 aliphatic heterocycles. The Bertz CT molecular complexity index is 768. The van der Waals surface area contributed by atoms with Gasteiger partial charge in [0.2, 0.25) is 0 Å². The van der Waals surface area contributed by atoms with Gasteiger partial charge in [-0.1, -0.05) is 30.3 Å². The monoisotopic (exact) mass is 338 g/mol. The minimum Gasteiger partial charge on any atom is -0.481 e. The lowest BCUT2D eigenvalue weighted by Gasteiger charge is -2.20. The number of carbonyl (C=O) groups excluding carboxylic acids is 2. The van der Waals surface area contributed by atoms with Gasteiger partial charge in [-0.15, -0.1) is 0 Å². The summed E-state index contributed by atoms with van der Waals surface area (Å²) in [4.78, 5) is 25.5. The second-order valence-electron chi connectivity index (χ2n) is 5.03. The van der Waals surface area contributed by atoms with Crippen LogP contribution in [0.4, 0.5) is 5.69 Å². The van der Waals surface area contributed by atoms with Gasteiger partial charge in [0.25, 0.3) is 5.91 Å². The van der Waals surface area contributed by atoms with Gasteiger partial charge in [0.1, 0.15) is 11.8 Å². The van der Waals surface area contributed by atoms with Gasteiger partial charge >= 0.3 is 5.97 Å². The number of esters is 1. The molecule has 0 aliphatic carbocycles. The lowest BCUT2D eigenvalue weighted by molar-refractivity contribution is -0.149. The van der Waals surface area contributed by atoms with E-state index < -0.39 is 5.97 Å². The summed E-state index contributed by atoms with van der Waals surface area (Å²) in [6.45, 7) is 1.56. The number of hydrogen-bond donors (Lipinski definition) is 0. The zero-order valence-electron chi connectivity index (χ0n) is 13.8. The molecule has 0 aliphatic rings. The molecule has 128 valence electrons. The SMILES string of the molecule is CCN(C(=O)COC(=O)COc1ccccc1C#N)c1ccccc1. The fourth-order valence-electron chi connectivity index (χ4n) is 2.19. The van der Waals surface area contributed by atoms with Gasteiger partial charge in [-0.2, -0.15) is 5.26 Å². The van der Waals surface area contributed by atoms with Crippen LogP contribution in [0.1, 0.15) is 12.5 Å². The molecule has 6 nitrogen and oxygen atoms in total. The first-order valence-electron chi connectivity index (χ1n) is 7.78. The van der Waals surface area contributed by atoms with Crippen LogP contribution in [-0.4, -0.2) is 31.6 Å². The van der Waals surface area contributed by atoms with Crippen molar-refractivity contribution in [3.8, 4) is 11.8 Å². The fourth-order valence-corrected chi connectivity index (χ4v) is 2.19. The molecule has 0 saturated heterocycles. The van der Waals surface area contributed by atoms with Crippen molar-refractivity contribution in [2.24, 2.45) is 0 Å². The third-order valence-electron chi connectivity index (χ3n) is 3.39. The lowest BCUT2D eigenvalue weighted by atomic mass is 10.2. The number of carbonyl (C=O) groups is 2. The Morgan fingerprint density at radius 2 is 1.72 bits per heavy atom. The van der Waals surface area contributed by atoms with E-state index in [0.717, 1.165) is 5.69 Å². The molecule has 2 aromatic carbocycles. The van der Waals surface area contributed by atoms with E-state index in [1.807, 2.05) is 43.3 Å². The predicted molar refractivity (Wildman–Crippen MR) is 92.1 cm³/mol. The number of nitrogens with zero attached hydrogens (tertiary/aromatic N) is 2. The highest BCUT2D eigenvalue weighted by Crippen LogP contribution is 2.16. The fraction of sp³-hybridized carbons (Fsp3) is 0.211. The summed E-state index contributed by atoms with van der Waals surface area (Å²) in [5.74, 6) is -0.697. The van der Waals surface area contributed by atoms with Crippen molar-refractivity contribution in [1.82, 2.24) is 0 Å². The summed E-state index contributed by atoms with van der Waals surface area (Å²) >= 11 is 0. The molecule has 25 heavy (non-hydrogen) atoms. The van der Waals surface area contributed by atoms with Crippen molar-refractivity contribution in [3.63, 3.8) is 0 Å². The summed E-state index contributed by atoms with van der Waals surface area (Å²) < 4.78 is 10.2. The molecule has 6 heteroatoms. The molecule has 0 atom stereocenters. The van der Waals surface area contributed by atoms with Crippen LogP contribution < -0.4 is 9.64 Å². The van der Waals surface area contributed by atoms with Crippen LogP contribution in [0.5, 0.6) is 5.75 Å². The molecule has 2 aromatic rings. The van der Waals surface area contributed by atoms with Gasteiger partial charge in [-0.25, -0.2) is 4.79 Å². The molecule has 0 N–H and O–H groups in total. The maximum absolute atomic E-state index is 12.2. The number of likely N-dealkylation sites (N-methyl/N-ethyl adjacent to an activating group) is 1. The Morgan fingerprint density at radius 3 is 2.40 bits per heavy atom. The van der Waals surface area contributed by atoms with Gasteiger partial charge in [0.05, 0.1) is 5.56 Å². The summed E-state index contributed by atoms with van der Waals surface area (Å²) in [6.07, 6.45) is 0. The van der Waals surface area contributed by atoms with Crippen LogP contribution in [0.2, 0.25) is 0 Å². The zero-order chi connectivity index (χ0) is 18.1. The highest BCUT2D eigenvalue weighted by atomic mass is 16.6. The molecular weight excluding hydrogens is 320 g/mol. The standard InChI is InChI=1S/C19H18N2O4/c1-2-21(16-9-4-3-5-10-16)18(22)13-25-19(23)14-24-17-11-7-6-8-15(17)12-20/h3-11H,2,13-14H2,1H3. The highest BCUT2D eigenvalue weighted by Gasteiger charge is 2.16. The number of anilines is 1. The Kier molecular flexibility index (Phi) is 6.55. The average molecular weight is 338 g/mol. The number of ether oxygens (including phenoxy) is 2. The quantitative estimate of drug-likeness (QED) is 0.725. The van der Waals surface area contributed by atoms with E-state index in [4.69, 9.17) is 14.7 Å². The van der Waals surface area contributed by atoms with Crippen LogP contribution in [0, 0.1) is 11.3 Å². The summed E-state index contributed by atoms with van der Waals surface area (Å²) in [6, 6.07) is 17.7. The van der Waals surface area contributed by atoms with Crippen molar-refractivity contribution in [3.05, 3.63) is 60.2 Å². The predicted octanol–water partition coefficient (Wildman–Crippen LogP) is 2.53. The summed E-state index contributed by atoms with van der Waals surface area (Å²) in [5.41, 5.74) is 1.07. The molecule has 0 saturated carbocycles. The topological polar surface area (TPSA) is 79.6 Å². The van der Waals surface area contributed by atoms with Gasteiger partial charge < -0.3 is 14.4 Å². The number of nitriles is 1. The van der Waals surface area contributed by atoms with E-state index in [-0.39, 0.29) is 19.1 Å². The Labute approximate surface area is 146 Å². The first-order chi connectivity index (χ1) is 12.2.